The molecule has 0 saturated carbocycles. The monoisotopic (exact) mass is 152 g/mol. The van der Waals surface area contributed by atoms with E-state index in [4.69, 9.17) is 4.74 Å². The minimum absolute atomic E-state index is 0.0127. The molecule has 0 radical (unpaired) electrons. The highest BCUT2D eigenvalue weighted by atomic mass is 16.5. The van der Waals surface area contributed by atoms with Crippen LogP contribution in [-0.4, -0.2) is 12.6 Å². The predicted octanol–water partition coefficient (Wildman–Crippen LogP) is 1.52. The zero-order chi connectivity index (χ0) is 7.84. The van der Waals surface area contributed by atoms with Crippen molar-refractivity contribution in [1.82, 2.24) is 0 Å². The molecule has 0 N–H and O–H groups in total. The smallest absolute Gasteiger partial charge is 0.309 e. The van der Waals surface area contributed by atoms with E-state index in [1.165, 1.54) is 5.57 Å². The Kier molecular flexibility index (Phi) is 1.48. The van der Waals surface area contributed by atoms with Gasteiger partial charge in [0.25, 0.3) is 0 Å². The zero-order valence-corrected chi connectivity index (χ0v) is 6.67. The molecular weight excluding hydrogens is 140 g/mol. The molecule has 0 aromatic heterocycles. The number of ether oxygens (including phenoxy) is 1. The average Bonchev–Trinajstić information content (AvgIpc) is 2.32. The lowest BCUT2D eigenvalue weighted by Gasteiger charge is -2.17. The highest BCUT2D eigenvalue weighted by Gasteiger charge is 2.36. The molecule has 2 aliphatic rings. The van der Waals surface area contributed by atoms with Crippen LogP contribution in [0.3, 0.4) is 0 Å². The summed E-state index contributed by atoms with van der Waals surface area (Å²) in [6.07, 6.45) is 4.25. The summed E-state index contributed by atoms with van der Waals surface area (Å²) >= 11 is 0. The van der Waals surface area contributed by atoms with Crippen molar-refractivity contribution in [2.24, 2.45) is 11.8 Å². The standard InChI is InChI=1S/C9H12O2/c1-6-2-3-8-7(4-6)5-11-9(8)10/h4,7-8H,2-3,5H2,1H3/t7-,8-/m1/s1. The van der Waals surface area contributed by atoms with Crippen LogP contribution in [0.4, 0.5) is 0 Å². The minimum Gasteiger partial charge on any atom is -0.465 e. The molecule has 60 valence electrons. The maximum atomic E-state index is 11.1. The number of esters is 1. The summed E-state index contributed by atoms with van der Waals surface area (Å²) in [6.45, 7) is 2.74. The molecule has 1 fully saturated rings. The first-order valence-corrected chi connectivity index (χ1v) is 4.11. The molecule has 0 unspecified atom stereocenters. The second-order valence-electron chi connectivity index (χ2n) is 3.45. The summed E-state index contributed by atoms with van der Waals surface area (Å²) < 4.78 is 4.96. The van der Waals surface area contributed by atoms with Gasteiger partial charge in [-0.1, -0.05) is 11.6 Å². The van der Waals surface area contributed by atoms with E-state index in [1.807, 2.05) is 0 Å². The fraction of sp³-hybridized carbons (Fsp3) is 0.667. The quantitative estimate of drug-likeness (QED) is 0.388. The SMILES string of the molecule is CC1=C[C@@H]2COC(=O)[C@@H]2CC1. The van der Waals surface area contributed by atoms with Gasteiger partial charge in [-0.3, -0.25) is 4.79 Å². The largest absolute Gasteiger partial charge is 0.465 e. The predicted molar refractivity (Wildman–Crippen MR) is 40.9 cm³/mol. The summed E-state index contributed by atoms with van der Waals surface area (Å²) in [6, 6.07) is 0. The Hall–Kier alpha value is -0.790. The number of fused-ring (bicyclic) bond motifs is 1. The lowest BCUT2D eigenvalue weighted by atomic mass is 9.83. The van der Waals surface area contributed by atoms with Crippen LogP contribution < -0.4 is 0 Å². The second kappa shape index (κ2) is 2.36. The van der Waals surface area contributed by atoms with Crippen molar-refractivity contribution in [1.29, 1.82) is 0 Å². The van der Waals surface area contributed by atoms with Gasteiger partial charge in [-0.05, 0) is 19.8 Å². The van der Waals surface area contributed by atoms with Crippen molar-refractivity contribution in [2.75, 3.05) is 6.61 Å². The Morgan fingerprint density at radius 3 is 3.27 bits per heavy atom. The average molecular weight is 152 g/mol. The topological polar surface area (TPSA) is 26.3 Å². The van der Waals surface area contributed by atoms with Crippen molar-refractivity contribution in [2.45, 2.75) is 19.8 Å². The number of hydrogen-bond donors (Lipinski definition) is 0. The molecule has 2 rings (SSSR count). The van der Waals surface area contributed by atoms with Crippen LogP contribution in [-0.2, 0) is 9.53 Å². The van der Waals surface area contributed by atoms with Crippen molar-refractivity contribution >= 4 is 5.97 Å². The van der Waals surface area contributed by atoms with Crippen molar-refractivity contribution in [3.63, 3.8) is 0 Å². The molecule has 0 bridgehead atoms. The van der Waals surface area contributed by atoms with Gasteiger partial charge in [0.2, 0.25) is 0 Å². The highest BCUT2D eigenvalue weighted by molar-refractivity contribution is 5.75. The van der Waals surface area contributed by atoms with Gasteiger partial charge in [0, 0.05) is 5.92 Å². The van der Waals surface area contributed by atoms with E-state index < -0.39 is 0 Å². The first kappa shape index (κ1) is 6.89. The van der Waals surface area contributed by atoms with E-state index in [-0.39, 0.29) is 11.9 Å². The molecule has 0 amide bonds. The van der Waals surface area contributed by atoms with Gasteiger partial charge in [0.15, 0.2) is 0 Å². The van der Waals surface area contributed by atoms with Crippen LogP contribution in [0.2, 0.25) is 0 Å². The third kappa shape index (κ3) is 1.06. The van der Waals surface area contributed by atoms with Crippen molar-refractivity contribution in [3.05, 3.63) is 11.6 Å². The Morgan fingerprint density at radius 2 is 2.45 bits per heavy atom. The molecule has 0 aromatic rings. The number of hydrogen-bond acceptors (Lipinski definition) is 2. The van der Waals surface area contributed by atoms with Gasteiger partial charge in [-0.15, -0.1) is 0 Å². The highest BCUT2D eigenvalue weighted by Crippen LogP contribution is 2.33. The van der Waals surface area contributed by atoms with Crippen LogP contribution in [0.25, 0.3) is 0 Å². The van der Waals surface area contributed by atoms with Gasteiger partial charge in [-0.2, -0.15) is 0 Å². The number of carbonyl (C=O) groups excluding carboxylic acids is 1. The van der Waals surface area contributed by atoms with Crippen LogP contribution in [0, 0.1) is 11.8 Å². The molecule has 2 heteroatoms. The van der Waals surface area contributed by atoms with E-state index in [1.54, 1.807) is 0 Å². The molecule has 1 aliphatic carbocycles. The zero-order valence-electron chi connectivity index (χ0n) is 6.67. The van der Waals surface area contributed by atoms with Crippen molar-refractivity contribution in [3.8, 4) is 0 Å². The lowest BCUT2D eigenvalue weighted by molar-refractivity contribution is -0.141. The summed E-state index contributed by atoms with van der Waals surface area (Å²) in [4.78, 5) is 11.1. The Bertz CT molecular complexity index is 218. The molecule has 1 heterocycles. The van der Waals surface area contributed by atoms with Gasteiger partial charge in [-0.25, -0.2) is 0 Å². The van der Waals surface area contributed by atoms with E-state index in [0.717, 1.165) is 12.8 Å². The van der Waals surface area contributed by atoms with E-state index in [0.29, 0.717) is 12.5 Å². The van der Waals surface area contributed by atoms with Crippen LogP contribution in [0.1, 0.15) is 19.8 Å². The lowest BCUT2D eigenvalue weighted by Crippen LogP contribution is -2.17. The fourth-order valence-corrected chi connectivity index (χ4v) is 1.90. The maximum absolute atomic E-state index is 11.1. The Labute approximate surface area is 66.2 Å². The number of allylic oxidation sites excluding steroid dienone is 1. The maximum Gasteiger partial charge on any atom is 0.309 e. The molecule has 2 atom stereocenters. The third-order valence-corrected chi connectivity index (χ3v) is 2.59. The summed E-state index contributed by atoms with van der Waals surface area (Å²) in [5.41, 5.74) is 1.41. The first-order chi connectivity index (χ1) is 5.27. The van der Waals surface area contributed by atoms with E-state index in [2.05, 4.69) is 13.0 Å². The normalized spacial score (nSPS) is 36.1. The van der Waals surface area contributed by atoms with Gasteiger partial charge in [0.1, 0.15) is 0 Å². The Morgan fingerprint density at radius 1 is 1.64 bits per heavy atom. The molecule has 0 aromatic carbocycles. The third-order valence-electron chi connectivity index (χ3n) is 2.59. The minimum atomic E-state index is 0.0127. The van der Waals surface area contributed by atoms with Crippen molar-refractivity contribution < 1.29 is 9.53 Å². The summed E-state index contributed by atoms with van der Waals surface area (Å²) in [5, 5.41) is 0. The molecular formula is C9H12O2. The molecule has 1 saturated heterocycles. The van der Waals surface area contributed by atoms with Gasteiger partial charge in [0.05, 0.1) is 12.5 Å². The van der Waals surface area contributed by atoms with Gasteiger partial charge >= 0.3 is 5.97 Å². The fourth-order valence-electron chi connectivity index (χ4n) is 1.90. The van der Waals surface area contributed by atoms with Crippen LogP contribution in [0.5, 0.6) is 0 Å². The molecule has 0 spiro atoms. The second-order valence-corrected chi connectivity index (χ2v) is 3.45. The van der Waals surface area contributed by atoms with Gasteiger partial charge < -0.3 is 4.74 Å². The number of cyclic esters (lactones) is 1. The Balaban J connectivity index is 2.20. The number of carbonyl (C=O) groups is 1. The van der Waals surface area contributed by atoms with E-state index in [9.17, 15) is 4.79 Å². The number of rotatable bonds is 0. The van der Waals surface area contributed by atoms with E-state index >= 15 is 0 Å². The first-order valence-electron chi connectivity index (χ1n) is 4.11. The van der Waals surface area contributed by atoms with Crippen LogP contribution in [0.15, 0.2) is 11.6 Å². The summed E-state index contributed by atoms with van der Waals surface area (Å²) in [5.74, 6) is 0.577. The molecule has 11 heavy (non-hydrogen) atoms. The van der Waals surface area contributed by atoms with Crippen LogP contribution >= 0.6 is 0 Å². The molecule has 2 nitrogen and oxygen atoms in total. The summed E-state index contributed by atoms with van der Waals surface area (Å²) in [7, 11) is 0. The molecule has 1 aliphatic heterocycles.